The van der Waals surface area contributed by atoms with Gasteiger partial charge in [0.25, 0.3) is 0 Å². The van der Waals surface area contributed by atoms with Crippen molar-refractivity contribution in [2.45, 2.75) is 19.8 Å². The Morgan fingerprint density at radius 2 is 2.42 bits per heavy atom. The third kappa shape index (κ3) is 2.72. The summed E-state index contributed by atoms with van der Waals surface area (Å²) in [7, 11) is 0. The summed E-state index contributed by atoms with van der Waals surface area (Å²) in [5.41, 5.74) is 1.07. The van der Waals surface area contributed by atoms with Gasteiger partial charge in [0.1, 0.15) is 12.1 Å². The molecular weight excluding hydrogens is 256 g/mol. The monoisotopic (exact) mass is 276 g/mol. The Kier molecular flexibility index (Phi) is 3.94. The van der Waals surface area contributed by atoms with Crippen LogP contribution in [0.2, 0.25) is 0 Å². The molecule has 4 nitrogen and oxygen atoms in total. The molecule has 3 heterocycles. The van der Waals surface area contributed by atoms with Gasteiger partial charge in [0.15, 0.2) is 0 Å². The summed E-state index contributed by atoms with van der Waals surface area (Å²) in [5, 5.41) is 5.57. The van der Waals surface area contributed by atoms with Crippen molar-refractivity contribution in [2.24, 2.45) is 5.92 Å². The third-order valence-corrected chi connectivity index (χ3v) is 4.63. The molecule has 2 aromatic rings. The molecule has 1 unspecified atom stereocenters. The second-order valence-electron chi connectivity index (χ2n) is 5.09. The summed E-state index contributed by atoms with van der Waals surface area (Å²) in [6, 6.07) is 2.07. The number of hydrogen-bond donors (Lipinski definition) is 1. The van der Waals surface area contributed by atoms with Gasteiger partial charge in [0.05, 0.1) is 10.2 Å². The van der Waals surface area contributed by atoms with E-state index in [1.165, 1.54) is 17.5 Å². The average Bonchev–Trinajstić information content (AvgIpc) is 2.93. The molecule has 0 spiro atoms. The number of nitrogens with zero attached hydrogens (tertiary/aromatic N) is 3. The van der Waals surface area contributed by atoms with Crippen LogP contribution in [-0.4, -0.2) is 36.1 Å². The van der Waals surface area contributed by atoms with E-state index >= 15 is 0 Å². The highest BCUT2D eigenvalue weighted by Gasteiger charge is 2.22. The van der Waals surface area contributed by atoms with Crippen LogP contribution in [0.5, 0.6) is 0 Å². The number of aromatic nitrogens is 2. The lowest BCUT2D eigenvalue weighted by atomic mass is 9.98. The molecule has 3 rings (SSSR count). The van der Waals surface area contributed by atoms with Crippen LogP contribution in [0.15, 0.2) is 17.8 Å². The SMILES string of the molecule is CCNCC1CCCN(c2ncnc3ccsc23)C1. The first-order chi connectivity index (χ1) is 9.38. The van der Waals surface area contributed by atoms with Crippen molar-refractivity contribution in [1.82, 2.24) is 15.3 Å². The van der Waals surface area contributed by atoms with Crippen LogP contribution >= 0.6 is 11.3 Å². The molecule has 0 bridgehead atoms. The molecule has 0 aromatic carbocycles. The first-order valence-corrected chi connectivity index (χ1v) is 7.90. The van der Waals surface area contributed by atoms with Gasteiger partial charge in [0.2, 0.25) is 0 Å². The van der Waals surface area contributed by atoms with Crippen molar-refractivity contribution in [1.29, 1.82) is 0 Å². The molecule has 1 saturated heterocycles. The van der Waals surface area contributed by atoms with Crippen LogP contribution in [0.1, 0.15) is 19.8 Å². The van der Waals surface area contributed by atoms with Crippen molar-refractivity contribution in [3.63, 3.8) is 0 Å². The Balaban J connectivity index is 1.79. The number of piperidine rings is 1. The van der Waals surface area contributed by atoms with Gasteiger partial charge < -0.3 is 10.2 Å². The summed E-state index contributed by atoms with van der Waals surface area (Å²) < 4.78 is 1.23. The zero-order valence-corrected chi connectivity index (χ0v) is 12.1. The van der Waals surface area contributed by atoms with Crippen molar-refractivity contribution >= 4 is 27.4 Å². The molecule has 1 fully saturated rings. The van der Waals surface area contributed by atoms with E-state index < -0.39 is 0 Å². The van der Waals surface area contributed by atoms with Crippen LogP contribution in [0.25, 0.3) is 10.2 Å². The molecule has 0 aliphatic carbocycles. The minimum absolute atomic E-state index is 0.735. The normalized spacial score (nSPS) is 20.1. The van der Waals surface area contributed by atoms with Crippen LogP contribution in [-0.2, 0) is 0 Å². The van der Waals surface area contributed by atoms with Crippen molar-refractivity contribution in [2.75, 3.05) is 31.1 Å². The summed E-state index contributed by atoms with van der Waals surface area (Å²) in [4.78, 5) is 11.3. The van der Waals surface area contributed by atoms with Crippen molar-refractivity contribution < 1.29 is 0 Å². The third-order valence-electron chi connectivity index (χ3n) is 3.73. The van der Waals surface area contributed by atoms with Crippen molar-refractivity contribution in [3.8, 4) is 0 Å². The Bertz CT molecular complexity index is 539. The summed E-state index contributed by atoms with van der Waals surface area (Å²) in [5.74, 6) is 1.86. The molecule has 0 saturated carbocycles. The number of fused-ring (bicyclic) bond motifs is 1. The van der Waals surface area contributed by atoms with Gasteiger partial charge in [-0.05, 0) is 43.3 Å². The van der Waals surface area contributed by atoms with Crippen LogP contribution in [0.3, 0.4) is 0 Å². The smallest absolute Gasteiger partial charge is 0.150 e. The molecule has 1 N–H and O–H groups in total. The summed E-state index contributed by atoms with van der Waals surface area (Å²) in [6.07, 6.45) is 4.27. The highest BCUT2D eigenvalue weighted by Crippen LogP contribution is 2.30. The molecule has 0 radical (unpaired) electrons. The summed E-state index contributed by atoms with van der Waals surface area (Å²) >= 11 is 1.74. The minimum atomic E-state index is 0.735. The van der Waals surface area contributed by atoms with Crippen LogP contribution < -0.4 is 10.2 Å². The fourth-order valence-corrected chi connectivity index (χ4v) is 3.64. The van der Waals surface area contributed by atoms with E-state index in [-0.39, 0.29) is 0 Å². The predicted molar refractivity (Wildman–Crippen MR) is 80.9 cm³/mol. The Hall–Kier alpha value is -1.20. The minimum Gasteiger partial charge on any atom is -0.355 e. The van der Waals surface area contributed by atoms with E-state index in [2.05, 4.69) is 38.6 Å². The molecule has 1 aliphatic heterocycles. The topological polar surface area (TPSA) is 41.0 Å². The number of hydrogen-bond acceptors (Lipinski definition) is 5. The second-order valence-corrected chi connectivity index (χ2v) is 6.01. The van der Waals surface area contributed by atoms with E-state index in [9.17, 15) is 0 Å². The molecule has 1 atom stereocenters. The van der Waals surface area contributed by atoms with Gasteiger partial charge in [-0.1, -0.05) is 6.92 Å². The number of anilines is 1. The standard InChI is InChI=1S/C14H20N4S/c1-2-15-8-11-4-3-6-18(9-11)14-13-12(5-7-19-13)16-10-17-14/h5,7,10-11,15H,2-4,6,8-9H2,1H3. The fraction of sp³-hybridized carbons (Fsp3) is 0.571. The Morgan fingerprint density at radius 3 is 3.32 bits per heavy atom. The van der Waals surface area contributed by atoms with Gasteiger partial charge >= 0.3 is 0 Å². The first kappa shape index (κ1) is 12.8. The lowest BCUT2D eigenvalue weighted by Crippen LogP contribution is -2.40. The van der Waals surface area contributed by atoms with E-state index in [4.69, 9.17) is 0 Å². The zero-order valence-electron chi connectivity index (χ0n) is 11.3. The second kappa shape index (κ2) is 5.84. The Labute approximate surface area is 117 Å². The van der Waals surface area contributed by atoms with Gasteiger partial charge in [-0.2, -0.15) is 0 Å². The first-order valence-electron chi connectivity index (χ1n) is 7.02. The summed E-state index contributed by atoms with van der Waals surface area (Å²) in [6.45, 7) is 6.56. The van der Waals surface area contributed by atoms with Gasteiger partial charge in [0, 0.05) is 13.1 Å². The van der Waals surface area contributed by atoms with Crippen LogP contribution in [0, 0.1) is 5.92 Å². The highest BCUT2D eigenvalue weighted by atomic mass is 32.1. The maximum absolute atomic E-state index is 4.52. The number of nitrogens with one attached hydrogen (secondary N) is 1. The Morgan fingerprint density at radius 1 is 1.47 bits per heavy atom. The maximum Gasteiger partial charge on any atom is 0.150 e. The van der Waals surface area contributed by atoms with E-state index in [1.54, 1.807) is 17.7 Å². The van der Waals surface area contributed by atoms with E-state index in [0.717, 1.165) is 43.4 Å². The predicted octanol–water partition coefficient (Wildman–Crippen LogP) is 2.52. The molecule has 19 heavy (non-hydrogen) atoms. The fourth-order valence-electron chi connectivity index (χ4n) is 2.77. The van der Waals surface area contributed by atoms with Gasteiger partial charge in [-0.25, -0.2) is 9.97 Å². The zero-order chi connectivity index (χ0) is 13.1. The largest absolute Gasteiger partial charge is 0.355 e. The quantitative estimate of drug-likeness (QED) is 0.931. The number of thiophene rings is 1. The lowest BCUT2D eigenvalue weighted by molar-refractivity contribution is 0.394. The van der Waals surface area contributed by atoms with Crippen LogP contribution in [0.4, 0.5) is 5.82 Å². The molecule has 102 valence electrons. The highest BCUT2D eigenvalue weighted by molar-refractivity contribution is 7.17. The maximum atomic E-state index is 4.52. The van der Waals surface area contributed by atoms with Gasteiger partial charge in [-0.3, -0.25) is 0 Å². The van der Waals surface area contributed by atoms with E-state index in [0.29, 0.717) is 0 Å². The molecule has 0 amide bonds. The molecular formula is C14H20N4S. The molecule has 5 heteroatoms. The molecule has 2 aromatic heterocycles. The lowest BCUT2D eigenvalue weighted by Gasteiger charge is -2.33. The average molecular weight is 276 g/mol. The van der Waals surface area contributed by atoms with E-state index in [1.807, 2.05) is 0 Å². The molecule has 1 aliphatic rings. The van der Waals surface area contributed by atoms with Gasteiger partial charge in [-0.15, -0.1) is 11.3 Å². The van der Waals surface area contributed by atoms with Crippen molar-refractivity contribution in [3.05, 3.63) is 17.8 Å². The number of rotatable bonds is 4.